The molecule has 1 aliphatic carbocycles. The van der Waals surface area contributed by atoms with Crippen LogP contribution < -0.4 is 37.7 Å². The van der Waals surface area contributed by atoms with Crippen LogP contribution in [0.1, 0.15) is 6.92 Å². The molecule has 0 N–H and O–H groups in total. The molecule has 0 bridgehead atoms. The molecule has 0 amide bonds. The summed E-state index contributed by atoms with van der Waals surface area (Å²) in [4.78, 5) is 3.77. The second kappa shape index (κ2) is 9.84. The first-order valence-corrected chi connectivity index (χ1v) is 5.41. The van der Waals surface area contributed by atoms with Crippen LogP contribution in [0.3, 0.4) is 0 Å². The van der Waals surface area contributed by atoms with Crippen molar-refractivity contribution in [3.05, 3.63) is 48.8 Å². The van der Waals surface area contributed by atoms with Crippen LogP contribution in [0.25, 0.3) is 0 Å². The van der Waals surface area contributed by atoms with Gasteiger partial charge in [0.15, 0.2) is 6.34 Å². The van der Waals surface area contributed by atoms with E-state index in [2.05, 4.69) is 16.4 Å². The van der Waals surface area contributed by atoms with Gasteiger partial charge in [-0.15, -0.1) is 5.10 Å². The van der Waals surface area contributed by atoms with E-state index >= 15 is 0 Å². The van der Waals surface area contributed by atoms with E-state index < -0.39 is 0 Å². The van der Waals surface area contributed by atoms with E-state index in [9.17, 15) is 0 Å². The third-order valence-corrected chi connectivity index (χ3v) is 2.10. The molecule has 0 aromatic heterocycles. The molecule has 19 heavy (non-hydrogen) atoms. The molecule has 0 saturated carbocycles. The second-order valence-corrected chi connectivity index (χ2v) is 3.29. The van der Waals surface area contributed by atoms with Gasteiger partial charge in [-0.1, -0.05) is 0 Å². The summed E-state index contributed by atoms with van der Waals surface area (Å²) in [5, 5.41) is 3.98. The van der Waals surface area contributed by atoms with Crippen molar-refractivity contribution in [1.29, 1.82) is 0 Å². The summed E-state index contributed by atoms with van der Waals surface area (Å²) in [7, 11) is 0. The smallest absolute Gasteiger partial charge is 0.530 e. The van der Waals surface area contributed by atoms with E-state index in [0.29, 0.717) is 12.5 Å². The fraction of sp³-hybridized carbons (Fsp3) is 0.154. The van der Waals surface area contributed by atoms with Crippen LogP contribution in [-0.2, 0) is 4.74 Å². The summed E-state index contributed by atoms with van der Waals surface area (Å²) in [5.74, 6) is 0.605. The summed E-state index contributed by atoms with van der Waals surface area (Å²) >= 11 is 0. The summed E-state index contributed by atoms with van der Waals surface area (Å²) in [5.41, 5.74) is 1.10. The molecule has 0 atom stereocenters. The molecule has 2 rings (SSSR count). The average Bonchev–Trinajstić information content (AvgIpc) is 2.89. The van der Waals surface area contributed by atoms with E-state index in [0.717, 1.165) is 5.57 Å². The van der Waals surface area contributed by atoms with Crippen LogP contribution in [0.15, 0.2) is 46.0 Å². The van der Waals surface area contributed by atoms with Gasteiger partial charge >= 0.3 is 37.7 Å². The fourth-order valence-electron chi connectivity index (χ4n) is 1.35. The molecule has 0 aromatic carbocycles. The zero-order chi connectivity index (χ0) is 11.9. The largest absolute Gasteiger partial charge is 1.00 e. The fourth-order valence-corrected chi connectivity index (χ4v) is 1.35. The molecule has 1 heterocycles. The summed E-state index contributed by atoms with van der Waals surface area (Å²) in [6.45, 7) is 2.50. The molecule has 2 aliphatic rings. The summed E-state index contributed by atoms with van der Waals surface area (Å²) < 4.78 is 6.94. The zero-order valence-corrected chi connectivity index (χ0v) is 11.6. The molecule has 6 heteroatoms. The summed E-state index contributed by atoms with van der Waals surface area (Å²) in [6, 6.07) is 0. The molecule has 1 aliphatic heterocycles. The van der Waals surface area contributed by atoms with Gasteiger partial charge in [0.25, 0.3) is 6.34 Å². The summed E-state index contributed by atoms with van der Waals surface area (Å²) in [6.07, 6.45) is 17.9. The topological polar surface area (TPSA) is 37.0 Å². The Labute approximate surface area is 138 Å². The number of hydrogen-bond donors (Lipinski definition) is 0. The van der Waals surface area contributed by atoms with E-state index in [-0.39, 0.29) is 37.7 Å². The maximum Gasteiger partial charge on any atom is 1.00 e. The minimum atomic E-state index is 0. The van der Waals surface area contributed by atoms with E-state index in [1.54, 1.807) is 0 Å². The van der Waals surface area contributed by atoms with Crippen molar-refractivity contribution in [2.24, 2.45) is 10.1 Å². The number of hydrazone groups is 1. The Morgan fingerprint density at radius 2 is 2.21 bits per heavy atom. The maximum absolute atomic E-state index is 5.47. The Kier molecular flexibility index (Phi) is 9.30. The predicted molar refractivity (Wildman–Crippen MR) is 67.8 cm³/mol. The molecular weight excluding hydrogens is 228 g/mol. The molecule has 0 radical (unpaired) electrons. The number of allylic oxidation sites excluding steroid dienone is 5. The maximum atomic E-state index is 5.47. The van der Waals surface area contributed by atoms with E-state index in [1.807, 2.05) is 50.1 Å². The van der Waals surface area contributed by atoms with Gasteiger partial charge < -0.3 is 4.74 Å². The van der Waals surface area contributed by atoms with Gasteiger partial charge in [0.05, 0.1) is 6.61 Å². The van der Waals surface area contributed by atoms with Crippen LogP contribution in [0.4, 0.5) is 0 Å². The molecule has 0 unspecified atom stereocenters. The third kappa shape index (κ3) is 5.64. The van der Waals surface area contributed by atoms with Crippen molar-refractivity contribution in [2.45, 2.75) is 6.92 Å². The van der Waals surface area contributed by atoms with Crippen LogP contribution in [0.5, 0.6) is 0 Å². The Morgan fingerprint density at radius 1 is 1.47 bits per heavy atom. The van der Waals surface area contributed by atoms with Crippen molar-refractivity contribution in [1.82, 2.24) is 0 Å². The molecule has 88 valence electrons. The first-order valence-electron chi connectivity index (χ1n) is 5.41. The Morgan fingerprint density at radius 3 is 2.79 bits per heavy atom. The number of hydrogen-bond acceptors (Lipinski definition) is 3. The monoisotopic (exact) mass is 241 g/mol. The van der Waals surface area contributed by atoms with Crippen LogP contribution in [0.2, 0.25) is 0 Å². The molecule has 0 fully saturated rings. The van der Waals surface area contributed by atoms with Gasteiger partial charge in [0.1, 0.15) is 5.90 Å². The zero-order valence-electron chi connectivity index (χ0n) is 11.6. The molecule has 4 nitrogen and oxygen atoms in total. The van der Waals surface area contributed by atoms with Crippen LogP contribution in [0, 0.1) is 12.8 Å². The average molecular weight is 241 g/mol. The van der Waals surface area contributed by atoms with Crippen LogP contribution in [-0.4, -0.2) is 29.9 Å². The van der Waals surface area contributed by atoms with Crippen molar-refractivity contribution < 1.29 is 47.1 Å². The Bertz CT molecular complexity index is 435. The first kappa shape index (κ1) is 18.0. The van der Waals surface area contributed by atoms with E-state index in [1.165, 1.54) is 11.0 Å². The normalized spacial score (nSPS) is 17.2. The van der Waals surface area contributed by atoms with Gasteiger partial charge in [-0.2, -0.15) is 34.7 Å². The first-order chi connectivity index (χ1) is 8.40. The van der Waals surface area contributed by atoms with Gasteiger partial charge in [0, 0.05) is 0 Å². The minimum Gasteiger partial charge on any atom is -0.530 e. The van der Waals surface area contributed by atoms with Crippen LogP contribution >= 0.6 is 0 Å². The SMILES string of the molecule is CCO/C([CH-]C=C1C=C[CH-]C=C1)=[N+]1/[C-]=NC=N1.[Li+].[Li+]. The van der Waals surface area contributed by atoms with Gasteiger partial charge in [-0.25, -0.2) is 18.2 Å². The molecule has 0 saturated heterocycles. The number of ether oxygens (including phenoxy) is 1. The molecule has 0 spiro atoms. The van der Waals surface area contributed by atoms with Crippen molar-refractivity contribution in [3.63, 3.8) is 0 Å². The Hall–Kier alpha value is -1.04. The Balaban J connectivity index is 0.00000162. The van der Waals surface area contributed by atoms with E-state index in [4.69, 9.17) is 4.74 Å². The van der Waals surface area contributed by atoms with Gasteiger partial charge in [-0.05, 0) is 6.92 Å². The number of aliphatic imine (C=N–C) groups is 1. The van der Waals surface area contributed by atoms with Gasteiger partial charge in [-0.3, -0.25) is 5.57 Å². The minimum absolute atomic E-state index is 0. The standard InChI is InChI=1S/C13H13N3O.2Li/c1-2-17-13(16-11-14-10-15-16)9-8-12-6-4-3-5-7-12;;/h3-10H,2H2,1H3;;/q-2;2*+1. The quantitative estimate of drug-likeness (QED) is 0.213. The van der Waals surface area contributed by atoms with Crippen molar-refractivity contribution >= 4 is 18.6 Å². The van der Waals surface area contributed by atoms with Crippen molar-refractivity contribution in [3.8, 4) is 0 Å². The molecular formula is C13H13Li2N3O. The number of rotatable bonds is 3. The van der Waals surface area contributed by atoms with Crippen molar-refractivity contribution in [2.75, 3.05) is 6.61 Å². The predicted octanol–water partition coefficient (Wildman–Crippen LogP) is -4.23. The molecule has 0 aromatic rings. The third-order valence-electron chi connectivity index (χ3n) is 2.10. The number of nitrogens with zero attached hydrogens (tertiary/aromatic N) is 3. The van der Waals surface area contributed by atoms with Gasteiger partial charge in [0.2, 0.25) is 0 Å². The second-order valence-electron chi connectivity index (χ2n) is 3.29.